The van der Waals surface area contributed by atoms with Gasteiger partial charge in [-0.1, -0.05) is 48.6 Å². The predicted octanol–water partition coefficient (Wildman–Crippen LogP) is 2.32. The fourth-order valence-corrected chi connectivity index (χ4v) is 2.73. The summed E-state index contributed by atoms with van der Waals surface area (Å²) in [6.07, 6.45) is 8.85. The SMILES string of the molecule is C1=CC2=NC(c3ccccc3)N3CC23C=C1. The second-order valence-corrected chi connectivity index (χ2v) is 4.57. The first kappa shape index (κ1) is 8.48. The quantitative estimate of drug-likeness (QED) is 0.646. The summed E-state index contributed by atoms with van der Waals surface area (Å²) < 4.78 is 0. The first-order valence-electron chi connectivity index (χ1n) is 5.66. The Morgan fingerprint density at radius 1 is 1.19 bits per heavy atom. The van der Waals surface area contributed by atoms with E-state index in [0.717, 1.165) is 6.54 Å². The molecule has 2 heteroatoms. The van der Waals surface area contributed by atoms with Gasteiger partial charge in [-0.15, -0.1) is 0 Å². The maximum absolute atomic E-state index is 4.81. The highest BCUT2D eigenvalue weighted by atomic mass is 15.5. The Kier molecular flexibility index (Phi) is 1.44. The zero-order chi connectivity index (χ0) is 10.6. The Morgan fingerprint density at radius 2 is 2.06 bits per heavy atom. The van der Waals surface area contributed by atoms with Gasteiger partial charge < -0.3 is 0 Å². The highest BCUT2D eigenvalue weighted by molar-refractivity contribution is 6.09. The Bertz CT molecular complexity index is 527. The van der Waals surface area contributed by atoms with Crippen LogP contribution in [0.3, 0.4) is 0 Å². The largest absolute Gasteiger partial charge is 0.263 e. The molecule has 4 rings (SSSR count). The van der Waals surface area contributed by atoms with Gasteiger partial charge in [-0.3, -0.25) is 9.89 Å². The number of aliphatic imine (C=N–C) groups is 1. The van der Waals surface area contributed by atoms with Gasteiger partial charge in [0, 0.05) is 6.54 Å². The van der Waals surface area contributed by atoms with Crippen LogP contribution in [0.2, 0.25) is 0 Å². The number of hydrogen-bond acceptors (Lipinski definition) is 2. The van der Waals surface area contributed by atoms with Crippen LogP contribution in [0, 0.1) is 0 Å². The highest BCUT2D eigenvalue weighted by Gasteiger charge is 2.61. The fourth-order valence-electron chi connectivity index (χ4n) is 2.73. The van der Waals surface area contributed by atoms with Crippen molar-refractivity contribution in [1.82, 2.24) is 4.90 Å². The zero-order valence-electron chi connectivity index (χ0n) is 8.88. The van der Waals surface area contributed by atoms with Gasteiger partial charge in [0.2, 0.25) is 0 Å². The Hall–Kier alpha value is -1.67. The lowest BCUT2D eigenvalue weighted by Crippen LogP contribution is -2.22. The maximum Gasteiger partial charge on any atom is 0.129 e. The van der Waals surface area contributed by atoms with Crippen LogP contribution in [0.4, 0.5) is 0 Å². The van der Waals surface area contributed by atoms with E-state index in [2.05, 4.69) is 59.5 Å². The Labute approximate surface area is 94.6 Å². The summed E-state index contributed by atoms with van der Waals surface area (Å²) in [5.74, 6) is 0. The predicted molar refractivity (Wildman–Crippen MR) is 64.3 cm³/mol. The monoisotopic (exact) mass is 208 g/mol. The average Bonchev–Trinajstić information content (AvgIpc) is 2.96. The first-order chi connectivity index (χ1) is 7.90. The Morgan fingerprint density at radius 3 is 2.88 bits per heavy atom. The van der Waals surface area contributed by atoms with Gasteiger partial charge in [0.15, 0.2) is 0 Å². The van der Waals surface area contributed by atoms with Crippen LogP contribution in [0.15, 0.2) is 59.6 Å². The van der Waals surface area contributed by atoms with Crippen LogP contribution < -0.4 is 0 Å². The molecular weight excluding hydrogens is 196 g/mol. The molecule has 0 amide bonds. The fraction of sp³-hybridized carbons (Fsp3) is 0.214. The minimum absolute atomic E-state index is 0.148. The van der Waals surface area contributed by atoms with Gasteiger partial charge in [-0.05, 0) is 11.6 Å². The number of hydrogen-bond donors (Lipinski definition) is 0. The minimum atomic E-state index is 0.148. The molecule has 3 atom stereocenters. The number of rotatable bonds is 1. The van der Waals surface area contributed by atoms with E-state index in [4.69, 9.17) is 4.99 Å². The third-order valence-corrected chi connectivity index (χ3v) is 3.66. The van der Waals surface area contributed by atoms with Crippen molar-refractivity contribution in [3.8, 4) is 0 Å². The van der Waals surface area contributed by atoms with Crippen molar-refractivity contribution >= 4 is 5.71 Å². The molecule has 2 nitrogen and oxygen atoms in total. The zero-order valence-corrected chi connectivity index (χ0v) is 8.88. The molecule has 1 fully saturated rings. The third-order valence-electron chi connectivity index (χ3n) is 3.66. The van der Waals surface area contributed by atoms with Crippen molar-refractivity contribution < 1.29 is 0 Å². The van der Waals surface area contributed by atoms with Crippen molar-refractivity contribution in [2.45, 2.75) is 11.7 Å². The summed E-state index contributed by atoms with van der Waals surface area (Å²) in [4.78, 5) is 7.25. The van der Waals surface area contributed by atoms with Crippen LogP contribution >= 0.6 is 0 Å². The molecule has 2 heterocycles. The third kappa shape index (κ3) is 0.927. The summed E-state index contributed by atoms with van der Waals surface area (Å²) in [6.45, 7) is 1.12. The molecule has 0 aromatic heterocycles. The molecule has 0 N–H and O–H groups in total. The molecule has 1 aromatic rings. The van der Waals surface area contributed by atoms with Crippen LogP contribution in [0.25, 0.3) is 0 Å². The molecule has 3 aliphatic rings. The lowest BCUT2D eigenvalue weighted by Gasteiger charge is -2.11. The summed E-state index contributed by atoms with van der Waals surface area (Å²) in [5, 5.41) is 0. The molecule has 3 unspecified atom stereocenters. The maximum atomic E-state index is 4.81. The van der Waals surface area contributed by atoms with Crippen LogP contribution in [-0.2, 0) is 0 Å². The van der Waals surface area contributed by atoms with Gasteiger partial charge in [0.25, 0.3) is 0 Å². The molecule has 2 aliphatic heterocycles. The van der Waals surface area contributed by atoms with Crippen molar-refractivity contribution in [2.24, 2.45) is 4.99 Å². The minimum Gasteiger partial charge on any atom is -0.263 e. The molecule has 1 aliphatic carbocycles. The van der Waals surface area contributed by atoms with Crippen LogP contribution in [0.5, 0.6) is 0 Å². The molecule has 1 aromatic carbocycles. The standard InChI is InChI=1S/C14H12N2/c1-2-6-11(7-3-1)13-15-12-8-4-5-9-14(12)10-16(13)14/h1-9,13H,10H2. The summed E-state index contributed by atoms with van der Waals surface area (Å²) in [5.41, 5.74) is 2.67. The van der Waals surface area contributed by atoms with E-state index >= 15 is 0 Å². The van der Waals surface area contributed by atoms with Gasteiger partial charge in [-0.2, -0.15) is 0 Å². The van der Waals surface area contributed by atoms with Gasteiger partial charge in [0.05, 0.1) is 11.3 Å². The van der Waals surface area contributed by atoms with E-state index < -0.39 is 0 Å². The van der Waals surface area contributed by atoms with Gasteiger partial charge >= 0.3 is 0 Å². The number of benzene rings is 1. The second-order valence-electron chi connectivity index (χ2n) is 4.57. The van der Waals surface area contributed by atoms with E-state index in [1.807, 2.05) is 0 Å². The van der Waals surface area contributed by atoms with E-state index in [9.17, 15) is 0 Å². The van der Waals surface area contributed by atoms with Crippen molar-refractivity contribution in [3.63, 3.8) is 0 Å². The van der Waals surface area contributed by atoms with Crippen molar-refractivity contribution in [1.29, 1.82) is 0 Å². The molecular formula is C14H12N2. The van der Waals surface area contributed by atoms with E-state index in [-0.39, 0.29) is 11.7 Å². The van der Waals surface area contributed by atoms with E-state index in [1.165, 1.54) is 11.3 Å². The smallest absolute Gasteiger partial charge is 0.129 e. The van der Waals surface area contributed by atoms with E-state index in [0.29, 0.717) is 0 Å². The lowest BCUT2D eigenvalue weighted by atomic mass is 9.99. The summed E-state index contributed by atoms with van der Waals surface area (Å²) in [7, 11) is 0. The normalized spacial score (nSPS) is 37.9. The molecule has 0 bridgehead atoms. The van der Waals surface area contributed by atoms with E-state index in [1.54, 1.807) is 0 Å². The molecule has 1 spiro atoms. The summed E-state index contributed by atoms with van der Waals surface area (Å²) in [6, 6.07) is 10.5. The number of nitrogens with zero attached hydrogens (tertiary/aromatic N) is 2. The van der Waals surface area contributed by atoms with Gasteiger partial charge in [0.1, 0.15) is 6.17 Å². The molecule has 78 valence electrons. The average molecular weight is 208 g/mol. The lowest BCUT2D eigenvalue weighted by molar-refractivity contribution is 0.417. The number of allylic oxidation sites excluding steroid dienone is 2. The molecule has 1 saturated heterocycles. The molecule has 0 saturated carbocycles. The van der Waals surface area contributed by atoms with Crippen molar-refractivity contribution in [2.75, 3.05) is 6.54 Å². The first-order valence-corrected chi connectivity index (χ1v) is 5.66. The topological polar surface area (TPSA) is 15.4 Å². The van der Waals surface area contributed by atoms with Crippen LogP contribution in [0.1, 0.15) is 11.7 Å². The van der Waals surface area contributed by atoms with Gasteiger partial charge in [-0.25, -0.2) is 0 Å². The summed E-state index contributed by atoms with van der Waals surface area (Å²) >= 11 is 0. The molecule has 16 heavy (non-hydrogen) atoms. The van der Waals surface area contributed by atoms with Crippen molar-refractivity contribution in [3.05, 3.63) is 60.2 Å². The Balaban J connectivity index is 1.78. The highest BCUT2D eigenvalue weighted by Crippen LogP contribution is 2.50. The second kappa shape index (κ2) is 2.71. The molecule has 0 radical (unpaired) electrons. The van der Waals surface area contributed by atoms with Crippen LogP contribution in [-0.4, -0.2) is 22.7 Å².